The van der Waals surface area contributed by atoms with Crippen LogP contribution in [-0.4, -0.2) is 22.8 Å². The molecule has 0 saturated carbocycles. The monoisotopic (exact) mass is 202 g/mol. The molecule has 0 radical (unpaired) electrons. The maximum absolute atomic E-state index is 10.4. The van der Waals surface area contributed by atoms with Gasteiger partial charge in [0.05, 0.1) is 5.60 Å². The first-order chi connectivity index (χ1) is 6.12. The third-order valence-corrected chi connectivity index (χ3v) is 3.73. The summed E-state index contributed by atoms with van der Waals surface area (Å²) in [6, 6.07) is 0. The number of carbonyl (C=O) groups excluding carboxylic acids is 1. The van der Waals surface area contributed by atoms with Crippen molar-refractivity contribution in [1.29, 1.82) is 0 Å². The Hall–Kier alpha value is -0.570. The van der Waals surface area contributed by atoms with Gasteiger partial charge in [0.1, 0.15) is 5.60 Å². The van der Waals surface area contributed by atoms with Gasteiger partial charge in [-0.05, 0) is 34.1 Å². The molecule has 0 aliphatic carbocycles. The SMILES string of the molecule is CCC(C)(C(C)(C)O)C(C)(C)OC=O. The lowest BCUT2D eigenvalue weighted by molar-refractivity contribution is -0.185. The summed E-state index contributed by atoms with van der Waals surface area (Å²) >= 11 is 0. The molecular weight excluding hydrogens is 180 g/mol. The normalized spacial score (nSPS) is 17.4. The Bertz CT molecular complexity index is 203. The van der Waals surface area contributed by atoms with Crippen LogP contribution in [0.5, 0.6) is 0 Å². The summed E-state index contributed by atoms with van der Waals surface area (Å²) in [5, 5.41) is 10.1. The fourth-order valence-electron chi connectivity index (χ4n) is 1.85. The molecule has 1 atom stereocenters. The van der Waals surface area contributed by atoms with Crippen LogP contribution in [0.15, 0.2) is 0 Å². The zero-order valence-electron chi connectivity index (χ0n) is 10.0. The molecule has 14 heavy (non-hydrogen) atoms. The van der Waals surface area contributed by atoms with Crippen molar-refractivity contribution in [3.63, 3.8) is 0 Å². The van der Waals surface area contributed by atoms with Crippen molar-refractivity contribution in [2.24, 2.45) is 5.41 Å². The molecular formula is C11H22O3. The molecule has 84 valence electrons. The first kappa shape index (κ1) is 13.4. The molecule has 3 nitrogen and oxygen atoms in total. The van der Waals surface area contributed by atoms with Crippen LogP contribution in [0.2, 0.25) is 0 Å². The summed E-state index contributed by atoms with van der Waals surface area (Å²) < 4.78 is 5.07. The molecule has 1 unspecified atom stereocenters. The highest BCUT2D eigenvalue weighted by atomic mass is 16.5. The van der Waals surface area contributed by atoms with Crippen LogP contribution < -0.4 is 0 Å². The Balaban J connectivity index is 5.13. The highest BCUT2D eigenvalue weighted by molar-refractivity contribution is 5.38. The summed E-state index contributed by atoms with van der Waals surface area (Å²) in [6.45, 7) is 11.5. The fourth-order valence-corrected chi connectivity index (χ4v) is 1.85. The van der Waals surface area contributed by atoms with Crippen LogP contribution in [0, 0.1) is 5.41 Å². The predicted octanol–water partition coefficient (Wildman–Crippen LogP) is 2.13. The van der Waals surface area contributed by atoms with Gasteiger partial charge in [-0.25, -0.2) is 0 Å². The Morgan fingerprint density at radius 1 is 1.21 bits per heavy atom. The van der Waals surface area contributed by atoms with E-state index >= 15 is 0 Å². The molecule has 0 spiro atoms. The van der Waals surface area contributed by atoms with Gasteiger partial charge in [0, 0.05) is 5.41 Å². The Morgan fingerprint density at radius 3 is 1.86 bits per heavy atom. The largest absolute Gasteiger partial charge is 0.461 e. The minimum absolute atomic E-state index is 0.444. The van der Waals surface area contributed by atoms with E-state index in [0.717, 1.165) is 6.42 Å². The molecule has 3 heteroatoms. The third kappa shape index (κ3) is 2.08. The van der Waals surface area contributed by atoms with Crippen LogP contribution >= 0.6 is 0 Å². The fraction of sp³-hybridized carbons (Fsp3) is 0.909. The van der Waals surface area contributed by atoms with Crippen molar-refractivity contribution in [3.8, 4) is 0 Å². The van der Waals surface area contributed by atoms with E-state index < -0.39 is 16.6 Å². The smallest absolute Gasteiger partial charge is 0.293 e. The van der Waals surface area contributed by atoms with Crippen LogP contribution in [0.1, 0.15) is 48.0 Å². The second kappa shape index (κ2) is 3.89. The molecule has 0 fully saturated rings. The second-order valence-electron chi connectivity index (χ2n) is 4.97. The highest BCUT2D eigenvalue weighted by Crippen LogP contribution is 2.45. The standard InChI is InChI=1S/C11H22O3/c1-7-11(6,9(2,3)13)10(4,5)14-8-12/h8,13H,7H2,1-6H3. The molecule has 0 aliphatic heterocycles. The lowest BCUT2D eigenvalue weighted by Gasteiger charge is -2.49. The van der Waals surface area contributed by atoms with Crippen LogP contribution in [0.4, 0.5) is 0 Å². The van der Waals surface area contributed by atoms with Gasteiger partial charge in [0.2, 0.25) is 0 Å². The van der Waals surface area contributed by atoms with Crippen molar-refractivity contribution in [1.82, 2.24) is 0 Å². The molecule has 0 aromatic rings. The molecule has 0 bridgehead atoms. The van der Waals surface area contributed by atoms with Crippen molar-refractivity contribution < 1.29 is 14.6 Å². The van der Waals surface area contributed by atoms with Gasteiger partial charge in [-0.1, -0.05) is 13.8 Å². The number of hydrogen-bond acceptors (Lipinski definition) is 3. The lowest BCUT2D eigenvalue weighted by atomic mass is 9.63. The van der Waals surface area contributed by atoms with Crippen LogP contribution in [0.25, 0.3) is 0 Å². The van der Waals surface area contributed by atoms with Crippen LogP contribution in [-0.2, 0) is 9.53 Å². The van der Waals surface area contributed by atoms with E-state index in [2.05, 4.69) is 0 Å². The molecule has 0 saturated heterocycles. The average Bonchev–Trinajstić information content (AvgIpc) is 2.00. The van der Waals surface area contributed by atoms with Gasteiger partial charge in [0.15, 0.2) is 0 Å². The Labute approximate surface area is 86.5 Å². The Kier molecular flexibility index (Phi) is 3.73. The third-order valence-electron chi connectivity index (χ3n) is 3.73. The molecule has 1 N–H and O–H groups in total. The summed E-state index contributed by atoms with van der Waals surface area (Å²) in [7, 11) is 0. The number of ether oxygens (including phenoxy) is 1. The molecule has 0 aromatic carbocycles. The summed E-state index contributed by atoms with van der Waals surface area (Å²) in [6.07, 6.45) is 0.733. The van der Waals surface area contributed by atoms with Crippen molar-refractivity contribution >= 4 is 6.47 Å². The zero-order valence-corrected chi connectivity index (χ0v) is 10.0. The van der Waals surface area contributed by atoms with E-state index in [1.54, 1.807) is 13.8 Å². The average molecular weight is 202 g/mol. The minimum Gasteiger partial charge on any atom is -0.461 e. The van der Waals surface area contributed by atoms with E-state index in [9.17, 15) is 9.90 Å². The number of hydrogen-bond donors (Lipinski definition) is 1. The second-order valence-corrected chi connectivity index (χ2v) is 4.97. The number of carbonyl (C=O) groups is 1. The van der Waals surface area contributed by atoms with Gasteiger partial charge in [-0.2, -0.15) is 0 Å². The topological polar surface area (TPSA) is 46.5 Å². The van der Waals surface area contributed by atoms with Crippen LogP contribution in [0.3, 0.4) is 0 Å². The van der Waals surface area contributed by atoms with E-state index in [-0.39, 0.29) is 0 Å². The highest BCUT2D eigenvalue weighted by Gasteiger charge is 2.51. The summed E-state index contributed by atoms with van der Waals surface area (Å²) in [5.41, 5.74) is -2.04. The van der Waals surface area contributed by atoms with Crippen molar-refractivity contribution in [2.45, 2.75) is 59.2 Å². The maximum atomic E-state index is 10.4. The van der Waals surface area contributed by atoms with Crippen molar-refractivity contribution in [3.05, 3.63) is 0 Å². The Morgan fingerprint density at radius 2 is 1.64 bits per heavy atom. The number of aliphatic hydroxyl groups is 1. The van der Waals surface area contributed by atoms with Gasteiger partial charge in [-0.15, -0.1) is 0 Å². The van der Waals surface area contributed by atoms with Gasteiger partial charge < -0.3 is 9.84 Å². The predicted molar refractivity (Wildman–Crippen MR) is 55.9 cm³/mol. The minimum atomic E-state index is -0.895. The maximum Gasteiger partial charge on any atom is 0.293 e. The lowest BCUT2D eigenvalue weighted by Crippen LogP contribution is -2.55. The van der Waals surface area contributed by atoms with Gasteiger partial charge in [0.25, 0.3) is 6.47 Å². The van der Waals surface area contributed by atoms with Gasteiger partial charge in [-0.3, -0.25) is 4.79 Å². The molecule has 0 aliphatic rings. The molecule has 0 amide bonds. The summed E-state index contributed by atoms with van der Waals surface area (Å²) in [4.78, 5) is 10.4. The van der Waals surface area contributed by atoms with Crippen molar-refractivity contribution in [2.75, 3.05) is 0 Å². The van der Waals surface area contributed by atoms with E-state index in [1.165, 1.54) is 0 Å². The van der Waals surface area contributed by atoms with Gasteiger partial charge >= 0.3 is 0 Å². The zero-order chi connectivity index (χ0) is 11.6. The summed E-state index contributed by atoms with van der Waals surface area (Å²) in [5.74, 6) is 0. The van der Waals surface area contributed by atoms with E-state index in [4.69, 9.17) is 4.74 Å². The molecule has 0 rings (SSSR count). The van der Waals surface area contributed by atoms with E-state index in [0.29, 0.717) is 6.47 Å². The molecule has 0 heterocycles. The number of rotatable bonds is 5. The van der Waals surface area contributed by atoms with E-state index in [1.807, 2.05) is 27.7 Å². The first-order valence-electron chi connectivity index (χ1n) is 4.96. The quantitative estimate of drug-likeness (QED) is 0.695. The molecule has 0 aromatic heterocycles. The first-order valence-corrected chi connectivity index (χ1v) is 4.96.